The maximum absolute atomic E-state index is 12.3. The summed E-state index contributed by atoms with van der Waals surface area (Å²) < 4.78 is 0. The zero-order valence-electron chi connectivity index (χ0n) is 9.22. The molecule has 0 bridgehead atoms. The summed E-state index contributed by atoms with van der Waals surface area (Å²) >= 11 is 11.6. The largest absolute Gasteiger partial charge is 0.294 e. The van der Waals surface area contributed by atoms with Gasteiger partial charge in [-0.2, -0.15) is 0 Å². The minimum absolute atomic E-state index is 0.218. The molecular formula is C13H14Cl2O. The number of benzene rings is 1. The van der Waals surface area contributed by atoms with Crippen LogP contribution in [-0.2, 0) is 6.42 Å². The van der Waals surface area contributed by atoms with Crippen molar-refractivity contribution in [1.29, 1.82) is 0 Å². The first-order valence-electron chi connectivity index (χ1n) is 5.46. The summed E-state index contributed by atoms with van der Waals surface area (Å²) in [6.07, 6.45) is 2.54. The summed E-state index contributed by atoms with van der Waals surface area (Å²) in [5.74, 6) is 0.829. The molecule has 0 radical (unpaired) electrons. The molecule has 1 aromatic carbocycles. The van der Waals surface area contributed by atoms with E-state index < -0.39 is 0 Å². The van der Waals surface area contributed by atoms with Gasteiger partial charge in [0.15, 0.2) is 5.78 Å². The van der Waals surface area contributed by atoms with E-state index in [0.717, 1.165) is 30.4 Å². The fraction of sp³-hybridized carbons (Fsp3) is 0.462. The Morgan fingerprint density at radius 2 is 2.19 bits per heavy atom. The van der Waals surface area contributed by atoms with Crippen LogP contribution in [-0.4, -0.2) is 11.7 Å². The van der Waals surface area contributed by atoms with Crippen molar-refractivity contribution in [3.63, 3.8) is 0 Å². The molecule has 0 saturated carbocycles. The minimum atomic E-state index is -0.276. The zero-order chi connectivity index (χ0) is 11.8. The third-order valence-electron chi connectivity index (χ3n) is 3.31. The lowest BCUT2D eigenvalue weighted by Gasteiger charge is -2.20. The fourth-order valence-corrected chi connectivity index (χ4v) is 2.70. The lowest BCUT2D eigenvalue weighted by atomic mass is 9.82. The van der Waals surface area contributed by atoms with E-state index >= 15 is 0 Å². The molecule has 1 atom stereocenters. The predicted octanol–water partition coefficient (Wildman–Crippen LogP) is 4.10. The van der Waals surface area contributed by atoms with E-state index in [1.54, 1.807) is 6.07 Å². The Morgan fingerprint density at radius 3 is 2.88 bits per heavy atom. The van der Waals surface area contributed by atoms with Gasteiger partial charge in [0.2, 0.25) is 0 Å². The SMILES string of the molecule is CC1(CCCCl)Cc2ccc(Cl)cc2C1=O. The molecule has 0 spiro atoms. The smallest absolute Gasteiger partial charge is 0.169 e. The first-order chi connectivity index (χ1) is 7.57. The predicted molar refractivity (Wildman–Crippen MR) is 67.5 cm³/mol. The van der Waals surface area contributed by atoms with Gasteiger partial charge in [-0.15, -0.1) is 11.6 Å². The van der Waals surface area contributed by atoms with Crippen LogP contribution in [0, 0.1) is 5.41 Å². The van der Waals surface area contributed by atoms with Gasteiger partial charge in [-0.25, -0.2) is 0 Å². The Balaban J connectivity index is 2.30. The lowest BCUT2D eigenvalue weighted by molar-refractivity contribution is 0.0829. The number of ketones is 1. The van der Waals surface area contributed by atoms with E-state index in [2.05, 4.69) is 0 Å². The molecule has 0 N–H and O–H groups in total. The van der Waals surface area contributed by atoms with Crippen molar-refractivity contribution in [3.05, 3.63) is 34.3 Å². The Bertz CT molecular complexity index is 428. The van der Waals surface area contributed by atoms with E-state index in [4.69, 9.17) is 23.2 Å². The zero-order valence-corrected chi connectivity index (χ0v) is 10.7. The monoisotopic (exact) mass is 256 g/mol. The van der Waals surface area contributed by atoms with Crippen LogP contribution < -0.4 is 0 Å². The number of halogens is 2. The Labute approximate surface area is 106 Å². The Hall–Kier alpha value is -0.530. The lowest BCUT2D eigenvalue weighted by Crippen LogP contribution is -2.24. The summed E-state index contributed by atoms with van der Waals surface area (Å²) in [5, 5.41) is 0.633. The first kappa shape index (κ1) is 11.9. The molecule has 0 fully saturated rings. The second-order valence-corrected chi connectivity index (χ2v) is 5.47. The molecule has 16 heavy (non-hydrogen) atoms. The van der Waals surface area contributed by atoms with E-state index in [0.29, 0.717) is 10.9 Å². The third kappa shape index (κ3) is 1.99. The van der Waals surface area contributed by atoms with Gasteiger partial charge in [-0.05, 0) is 37.0 Å². The standard InChI is InChI=1S/C13H14Cl2O/c1-13(5-2-6-14)8-9-3-4-10(15)7-11(9)12(13)16/h3-4,7H,2,5-6,8H2,1H3. The van der Waals surface area contributed by atoms with Crippen LogP contribution >= 0.6 is 23.2 Å². The normalized spacial score (nSPS) is 23.6. The molecule has 0 aromatic heterocycles. The van der Waals surface area contributed by atoms with Gasteiger partial charge in [0.1, 0.15) is 0 Å². The number of carbonyl (C=O) groups excluding carboxylic acids is 1. The number of rotatable bonds is 3. The van der Waals surface area contributed by atoms with E-state index in [-0.39, 0.29) is 11.2 Å². The van der Waals surface area contributed by atoms with E-state index in [1.165, 1.54) is 0 Å². The maximum Gasteiger partial charge on any atom is 0.169 e. The molecule has 86 valence electrons. The highest BCUT2D eigenvalue weighted by atomic mass is 35.5. The van der Waals surface area contributed by atoms with Crippen LogP contribution in [0.15, 0.2) is 18.2 Å². The number of hydrogen-bond acceptors (Lipinski definition) is 1. The van der Waals surface area contributed by atoms with Crippen molar-refractivity contribution >= 4 is 29.0 Å². The molecule has 2 rings (SSSR count). The number of hydrogen-bond donors (Lipinski definition) is 0. The Morgan fingerprint density at radius 1 is 1.44 bits per heavy atom. The summed E-state index contributed by atoms with van der Waals surface area (Å²) in [7, 11) is 0. The topological polar surface area (TPSA) is 17.1 Å². The van der Waals surface area contributed by atoms with Crippen molar-refractivity contribution in [2.75, 3.05) is 5.88 Å². The molecule has 1 nitrogen and oxygen atoms in total. The summed E-state index contributed by atoms with van der Waals surface area (Å²) in [6, 6.07) is 5.59. The van der Waals surface area contributed by atoms with Gasteiger partial charge in [0.25, 0.3) is 0 Å². The van der Waals surface area contributed by atoms with Crippen LogP contribution in [0.2, 0.25) is 5.02 Å². The quantitative estimate of drug-likeness (QED) is 0.745. The highest BCUT2D eigenvalue weighted by molar-refractivity contribution is 6.31. The van der Waals surface area contributed by atoms with Crippen molar-refractivity contribution < 1.29 is 4.79 Å². The maximum atomic E-state index is 12.3. The third-order valence-corrected chi connectivity index (χ3v) is 3.81. The van der Waals surface area contributed by atoms with Gasteiger partial charge in [0, 0.05) is 21.9 Å². The first-order valence-corrected chi connectivity index (χ1v) is 6.37. The van der Waals surface area contributed by atoms with Gasteiger partial charge in [-0.1, -0.05) is 24.6 Å². The number of alkyl halides is 1. The number of carbonyl (C=O) groups is 1. The van der Waals surface area contributed by atoms with E-state index in [1.807, 2.05) is 19.1 Å². The average molecular weight is 257 g/mol. The minimum Gasteiger partial charge on any atom is -0.294 e. The second kappa shape index (κ2) is 4.38. The fourth-order valence-electron chi connectivity index (χ4n) is 2.40. The van der Waals surface area contributed by atoms with Crippen LogP contribution in [0.4, 0.5) is 0 Å². The molecule has 0 heterocycles. The molecular weight excluding hydrogens is 243 g/mol. The van der Waals surface area contributed by atoms with Gasteiger partial charge in [-0.3, -0.25) is 4.79 Å². The van der Waals surface area contributed by atoms with Crippen LogP contribution in [0.25, 0.3) is 0 Å². The van der Waals surface area contributed by atoms with Gasteiger partial charge in [0.05, 0.1) is 0 Å². The highest BCUT2D eigenvalue weighted by Crippen LogP contribution is 2.40. The summed E-state index contributed by atoms with van der Waals surface area (Å²) in [5.41, 5.74) is 1.64. The summed E-state index contributed by atoms with van der Waals surface area (Å²) in [4.78, 5) is 12.3. The van der Waals surface area contributed by atoms with Crippen LogP contribution in [0.1, 0.15) is 35.7 Å². The van der Waals surface area contributed by atoms with Crippen molar-refractivity contribution in [2.24, 2.45) is 5.41 Å². The highest BCUT2D eigenvalue weighted by Gasteiger charge is 2.40. The molecule has 0 aliphatic heterocycles. The van der Waals surface area contributed by atoms with Crippen molar-refractivity contribution in [2.45, 2.75) is 26.2 Å². The molecule has 1 aromatic rings. The van der Waals surface area contributed by atoms with Crippen LogP contribution in [0.5, 0.6) is 0 Å². The molecule has 1 aliphatic carbocycles. The van der Waals surface area contributed by atoms with Gasteiger partial charge < -0.3 is 0 Å². The molecule has 0 amide bonds. The number of Topliss-reactive ketones (excluding diaryl/α,β-unsaturated/α-hetero) is 1. The molecule has 1 unspecified atom stereocenters. The number of fused-ring (bicyclic) bond motifs is 1. The second-order valence-electron chi connectivity index (χ2n) is 4.66. The average Bonchev–Trinajstić information content (AvgIpc) is 2.50. The van der Waals surface area contributed by atoms with Gasteiger partial charge >= 0.3 is 0 Å². The Kier molecular flexibility index (Phi) is 3.27. The molecule has 3 heteroatoms. The van der Waals surface area contributed by atoms with Crippen molar-refractivity contribution in [3.8, 4) is 0 Å². The molecule has 0 saturated heterocycles. The van der Waals surface area contributed by atoms with E-state index in [9.17, 15) is 4.79 Å². The summed E-state index contributed by atoms with van der Waals surface area (Å²) in [6.45, 7) is 2.02. The van der Waals surface area contributed by atoms with Crippen LogP contribution in [0.3, 0.4) is 0 Å². The molecule has 1 aliphatic rings. The van der Waals surface area contributed by atoms with Crippen molar-refractivity contribution in [1.82, 2.24) is 0 Å².